The Morgan fingerprint density at radius 1 is 1.45 bits per heavy atom. The minimum atomic E-state index is -0.122. The van der Waals surface area contributed by atoms with Gasteiger partial charge in [-0.25, -0.2) is 9.67 Å². The van der Waals surface area contributed by atoms with Crippen molar-refractivity contribution in [3.63, 3.8) is 0 Å². The monoisotopic (exact) mass is 339 g/mol. The van der Waals surface area contributed by atoms with Gasteiger partial charge in [0.05, 0.1) is 18.4 Å². The summed E-state index contributed by atoms with van der Waals surface area (Å²) in [7, 11) is 1.93. The van der Waals surface area contributed by atoms with E-state index in [1.165, 1.54) is 4.68 Å². The lowest BCUT2D eigenvalue weighted by atomic mass is 10.2. The van der Waals surface area contributed by atoms with Crippen LogP contribution in [-0.2, 0) is 20.1 Å². The van der Waals surface area contributed by atoms with Crippen LogP contribution in [0, 0.1) is 5.92 Å². The van der Waals surface area contributed by atoms with Crippen molar-refractivity contribution < 1.29 is 0 Å². The lowest BCUT2D eigenvalue weighted by Gasteiger charge is -2.11. The number of halogens is 1. The van der Waals surface area contributed by atoms with Crippen LogP contribution in [0.15, 0.2) is 27.9 Å². The molecule has 2 aromatic rings. The molecule has 2 heterocycles. The van der Waals surface area contributed by atoms with Gasteiger partial charge >= 0.3 is 0 Å². The number of hydrogen-bond donors (Lipinski definition) is 1. The minimum absolute atomic E-state index is 0.122. The fourth-order valence-corrected chi connectivity index (χ4v) is 2.25. The summed E-state index contributed by atoms with van der Waals surface area (Å²) in [6.45, 7) is 5.25. The molecular weight excluding hydrogens is 322 g/mol. The van der Waals surface area contributed by atoms with Gasteiger partial charge in [-0.3, -0.25) is 4.79 Å². The highest BCUT2D eigenvalue weighted by molar-refractivity contribution is 9.10. The summed E-state index contributed by atoms with van der Waals surface area (Å²) in [6.07, 6.45) is 5.28. The SMILES string of the molecule is CC(C)Cn1ncc(NCc2nccn2C)c(Br)c1=O. The Kier molecular flexibility index (Phi) is 4.59. The van der Waals surface area contributed by atoms with E-state index in [0.29, 0.717) is 29.2 Å². The largest absolute Gasteiger partial charge is 0.375 e. The molecule has 2 aromatic heterocycles. The molecule has 0 unspecified atom stereocenters. The van der Waals surface area contributed by atoms with Crippen molar-refractivity contribution in [1.82, 2.24) is 19.3 Å². The maximum atomic E-state index is 12.1. The third-order valence-corrected chi connectivity index (χ3v) is 3.65. The lowest BCUT2D eigenvalue weighted by Crippen LogP contribution is -2.26. The van der Waals surface area contributed by atoms with Crippen LogP contribution in [0.2, 0.25) is 0 Å². The highest BCUT2D eigenvalue weighted by Gasteiger charge is 2.10. The topological polar surface area (TPSA) is 64.7 Å². The molecule has 0 bridgehead atoms. The molecule has 0 aromatic carbocycles. The normalized spacial score (nSPS) is 11.1. The van der Waals surface area contributed by atoms with Crippen molar-refractivity contribution in [3.05, 3.63) is 39.2 Å². The number of hydrogen-bond acceptors (Lipinski definition) is 4. The van der Waals surface area contributed by atoms with Crippen LogP contribution >= 0.6 is 15.9 Å². The minimum Gasteiger partial charge on any atom is -0.375 e. The lowest BCUT2D eigenvalue weighted by molar-refractivity contribution is 0.462. The van der Waals surface area contributed by atoms with E-state index in [-0.39, 0.29) is 5.56 Å². The predicted octanol–water partition coefficient (Wildman–Crippen LogP) is 2.01. The summed E-state index contributed by atoms with van der Waals surface area (Å²) in [6, 6.07) is 0. The molecule has 2 rings (SSSR count). The van der Waals surface area contributed by atoms with E-state index in [1.807, 2.05) is 17.8 Å². The highest BCUT2D eigenvalue weighted by atomic mass is 79.9. The Bertz CT molecular complexity index is 646. The first-order valence-electron chi connectivity index (χ1n) is 6.44. The number of nitrogens with zero attached hydrogens (tertiary/aromatic N) is 4. The van der Waals surface area contributed by atoms with E-state index >= 15 is 0 Å². The number of anilines is 1. The van der Waals surface area contributed by atoms with E-state index in [9.17, 15) is 4.79 Å². The van der Waals surface area contributed by atoms with Crippen LogP contribution in [0.5, 0.6) is 0 Å². The maximum absolute atomic E-state index is 12.1. The zero-order valence-electron chi connectivity index (χ0n) is 11.8. The van der Waals surface area contributed by atoms with Crippen LogP contribution in [0.25, 0.3) is 0 Å². The Balaban J connectivity index is 2.15. The first kappa shape index (κ1) is 14.8. The number of imidazole rings is 1. The average molecular weight is 340 g/mol. The molecule has 0 spiro atoms. The van der Waals surface area contributed by atoms with E-state index in [1.54, 1.807) is 12.4 Å². The molecule has 0 radical (unpaired) electrons. The van der Waals surface area contributed by atoms with Gasteiger partial charge in [-0.1, -0.05) is 13.8 Å². The third kappa shape index (κ3) is 3.27. The van der Waals surface area contributed by atoms with Gasteiger partial charge in [0, 0.05) is 26.0 Å². The van der Waals surface area contributed by atoms with Gasteiger partial charge in [-0.05, 0) is 21.8 Å². The zero-order chi connectivity index (χ0) is 14.7. The number of aryl methyl sites for hydroxylation is 1. The Morgan fingerprint density at radius 3 is 2.80 bits per heavy atom. The summed E-state index contributed by atoms with van der Waals surface area (Å²) in [5.41, 5.74) is 0.557. The van der Waals surface area contributed by atoms with Gasteiger partial charge < -0.3 is 9.88 Å². The van der Waals surface area contributed by atoms with Crippen LogP contribution in [0.4, 0.5) is 5.69 Å². The summed E-state index contributed by atoms with van der Waals surface area (Å²) < 4.78 is 3.90. The summed E-state index contributed by atoms with van der Waals surface area (Å²) in [4.78, 5) is 16.4. The molecule has 0 amide bonds. The van der Waals surface area contributed by atoms with Gasteiger partial charge in [0.2, 0.25) is 0 Å². The van der Waals surface area contributed by atoms with Gasteiger partial charge in [-0.2, -0.15) is 5.10 Å². The molecule has 0 aliphatic heterocycles. The fraction of sp³-hybridized carbons (Fsp3) is 0.462. The molecule has 1 N–H and O–H groups in total. The molecule has 7 heteroatoms. The molecular formula is C13H18BrN5O. The van der Waals surface area contributed by atoms with Crippen molar-refractivity contribution in [2.24, 2.45) is 13.0 Å². The van der Waals surface area contributed by atoms with Crippen molar-refractivity contribution in [2.45, 2.75) is 26.9 Å². The second-order valence-corrected chi connectivity index (χ2v) is 5.85. The van der Waals surface area contributed by atoms with Crippen molar-refractivity contribution >= 4 is 21.6 Å². The van der Waals surface area contributed by atoms with Gasteiger partial charge in [0.1, 0.15) is 10.3 Å². The highest BCUT2D eigenvalue weighted by Crippen LogP contribution is 2.17. The average Bonchev–Trinajstić information content (AvgIpc) is 2.79. The van der Waals surface area contributed by atoms with Gasteiger partial charge in [0.25, 0.3) is 5.56 Å². The molecule has 0 atom stereocenters. The first-order valence-corrected chi connectivity index (χ1v) is 7.24. The van der Waals surface area contributed by atoms with E-state index in [0.717, 1.165) is 5.82 Å². The van der Waals surface area contributed by atoms with E-state index < -0.39 is 0 Å². The molecule has 0 saturated heterocycles. The number of aromatic nitrogens is 4. The number of nitrogens with one attached hydrogen (secondary N) is 1. The van der Waals surface area contributed by atoms with Crippen LogP contribution in [0.1, 0.15) is 19.7 Å². The second-order valence-electron chi connectivity index (χ2n) is 5.06. The summed E-state index contributed by atoms with van der Waals surface area (Å²) >= 11 is 3.34. The Labute approximate surface area is 126 Å². The van der Waals surface area contributed by atoms with Crippen LogP contribution < -0.4 is 10.9 Å². The molecule has 6 nitrogen and oxygen atoms in total. The van der Waals surface area contributed by atoms with E-state index in [2.05, 4.69) is 45.2 Å². The maximum Gasteiger partial charge on any atom is 0.283 e. The van der Waals surface area contributed by atoms with Gasteiger partial charge in [0.15, 0.2) is 0 Å². The van der Waals surface area contributed by atoms with Crippen LogP contribution in [0.3, 0.4) is 0 Å². The third-order valence-electron chi connectivity index (χ3n) is 2.88. The molecule has 0 aliphatic carbocycles. The second kappa shape index (κ2) is 6.21. The smallest absolute Gasteiger partial charge is 0.283 e. The Hall–Kier alpha value is -1.63. The van der Waals surface area contributed by atoms with Crippen molar-refractivity contribution in [2.75, 3.05) is 5.32 Å². The molecule has 0 aliphatic rings. The summed E-state index contributed by atoms with van der Waals surface area (Å²) in [5.74, 6) is 1.27. The first-order chi connectivity index (χ1) is 9.49. The molecule has 0 saturated carbocycles. The quantitative estimate of drug-likeness (QED) is 0.904. The Morgan fingerprint density at radius 2 is 2.20 bits per heavy atom. The fourth-order valence-electron chi connectivity index (χ4n) is 1.81. The van der Waals surface area contributed by atoms with Gasteiger partial charge in [-0.15, -0.1) is 0 Å². The molecule has 0 fully saturated rings. The summed E-state index contributed by atoms with van der Waals surface area (Å²) in [5, 5.41) is 7.36. The predicted molar refractivity (Wildman–Crippen MR) is 81.6 cm³/mol. The standard InChI is InChI=1S/C13H18BrN5O/c1-9(2)8-19-13(20)12(14)10(6-17-19)16-7-11-15-4-5-18(11)3/h4-6,9,16H,7-8H2,1-3H3. The van der Waals surface area contributed by atoms with Crippen LogP contribution in [-0.4, -0.2) is 19.3 Å². The van der Waals surface area contributed by atoms with Crippen molar-refractivity contribution in [1.29, 1.82) is 0 Å². The van der Waals surface area contributed by atoms with E-state index in [4.69, 9.17) is 0 Å². The molecule has 20 heavy (non-hydrogen) atoms. The zero-order valence-corrected chi connectivity index (χ0v) is 13.4. The number of rotatable bonds is 5. The van der Waals surface area contributed by atoms with Crippen molar-refractivity contribution in [3.8, 4) is 0 Å². The molecule has 108 valence electrons.